The van der Waals surface area contributed by atoms with E-state index in [2.05, 4.69) is 22.5 Å². The zero-order chi connectivity index (χ0) is 22.6. The molecule has 8 heteroatoms. The maximum absolute atomic E-state index is 12.2. The van der Waals surface area contributed by atoms with Crippen molar-refractivity contribution < 1.29 is 9.53 Å². The normalized spacial score (nSPS) is 11.8. The van der Waals surface area contributed by atoms with Gasteiger partial charge in [0.1, 0.15) is 11.9 Å². The molecule has 6 nitrogen and oxygen atoms in total. The number of guanidine groups is 1. The molecule has 0 bridgehead atoms. The Labute approximate surface area is 213 Å². The lowest BCUT2D eigenvalue weighted by Crippen LogP contribution is -2.39. The Morgan fingerprint density at radius 1 is 1.12 bits per heavy atom. The smallest absolute Gasteiger partial charge is 0.253 e. The third-order valence-electron chi connectivity index (χ3n) is 4.67. The van der Waals surface area contributed by atoms with Crippen LogP contribution < -0.4 is 15.4 Å². The lowest BCUT2D eigenvalue weighted by Gasteiger charge is -2.18. The van der Waals surface area contributed by atoms with Crippen LogP contribution in [0.2, 0.25) is 5.02 Å². The van der Waals surface area contributed by atoms with Crippen molar-refractivity contribution in [2.45, 2.75) is 32.8 Å². The summed E-state index contributed by atoms with van der Waals surface area (Å²) in [5.41, 5.74) is 1.80. The molecule has 0 aliphatic heterocycles. The van der Waals surface area contributed by atoms with Gasteiger partial charge in [0.2, 0.25) is 0 Å². The van der Waals surface area contributed by atoms with Crippen molar-refractivity contribution in [3.8, 4) is 5.75 Å². The summed E-state index contributed by atoms with van der Waals surface area (Å²) < 4.78 is 6.02. The summed E-state index contributed by atoms with van der Waals surface area (Å²) >= 11 is 6.20. The van der Waals surface area contributed by atoms with Gasteiger partial charge in [0.15, 0.2) is 5.96 Å². The Hall–Kier alpha value is -2.00. The van der Waals surface area contributed by atoms with E-state index in [0.29, 0.717) is 29.4 Å². The number of para-hydroxylation sites is 1. The monoisotopic (exact) mass is 572 g/mol. The lowest BCUT2D eigenvalue weighted by atomic mass is 10.1. The van der Waals surface area contributed by atoms with Crippen LogP contribution in [0.5, 0.6) is 5.75 Å². The first kappa shape index (κ1) is 28.0. The topological polar surface area (TPSA) is 66.0 Å². The van der Waals surface area contributed by atoms with Gasteiger partial charge in [0.05, 0.1) is 11.6 Å². The highest BCUT2D eigenvalue weighted by molar-refractivity contribution is 14.0. The molecule has 0 fully saturated rings. The Balaban J connectivity index is 0.00000512. The molecule has 0 saturated heterocycles. The molecule has 2 rings (SSSR count). The SMILES string of the molecule is CCNC(=NCC(CC)Oc1ccccc1Cl)NCCc1cccc(C(=O)N(C)C)c1.I. The Bertz CT molecular complexity index is 877. The van der Waals surface area contributed by atoms with E-state index in [4.69, 9.17) is 16.3 Å². The van der Waals surface area contributed by atoms with Gasteiger partial charge in [-0.25, -0.2) is 4.99 Å². The minimum Gasteiger partial charge on any atom is -0.487 e. The van der Waals surface area contributed by atoms with Crippen molar-refractivity contribution in [1.82, 2.24) is 15.5 Å². The van der Waals surface area contributed by atoms with Crippen LogP contribution in [0, 0.1) is 0 Å². The van der Waals surface area contributed by atoms with Crippen LogP contribution in [-0.4, -0.2) is 56.6 Å². The molecular weight excluding hydrogens is 539 g/mol. The quantitative estimate of drug-likeness (QED) is 0.248. The second-order valence-electron chi connectivity index (χ2n) is 7.37. The summed E-state index contributed by atoms with van der Waals surface area (Å²) in [6.07, 6.45) is 1.54. The zero-order valence-corrected chi connectivity index (χ0v) is 22.3. The van der Waals surface area contributed by atoms with Gasteiger partial charge in [-0.3, -0.25) is 4.79 Å². The first-order valence-electron chi connectivity index (χ1n) is 10.7. The van der Waals surface area contributed by atoms with Gasteiger partial charge in [-0.2, -0.15) is 0 Å². The van der Waals surface area contributed by atoms with E-state index >= 15 is 0 Å². The van der Waals surface area contributed by atoms with Gasteiger partial charge in [-0.1, -0.05) is 42.8 Å². The fourth-order valence-electron chi connectivity index (χ4n) is 2.95. The van der Waals surface area contributed by atoms with E-state index in [1.54, 1.807) is 19.0 Å². The molecule has 0 aromatic heterocycles. The van der Waals surface area contributed by atoms with E-state index < -0.39 is 0 Å². The molecule has 0 heterocycles. The minimum atomic E-state index is -0.0657. The molecule has 0 aliphatic rings. The van der Waals surface area contributed by atoms with E-state index in [9.17, 15) is 4.79 Å². The standard InChI is InChI=1S/C24H33ClN4O2.HI/c1-5-20(31-22-13-8-7-12-21(22)25)17-28-24(26-6-2)27-15-14-18-10-9-11-19(16-18)23(30)29(3)4;/h7-13,16,20H,5-6,14-15,17H2,1-4H3,(H2,26,27,28);1H. The lowest BCUT2D eigenvalue weighted by molar-refractivity contribution is 0.0827. The summed E-state index contributed by atoms with van der Waals surface area (Å²) in [5.74, 6) is 1.43. The maximum Gasteiger partial charge on any atom is 0.253 e. The predicted octanol–water partition coefficient (Wildman–Crippen LogP) is 4.62. The molecule has 2 aromatic carbocycles. The van der Waals surface area contributed by atoms with Crippen LogP contribution in [0.25, 0.3) is 0 Å². The molecule has 0 aliphatic carbocycles. The summed E-state index contributed by atoms with van der Waals surface area (Å²) in [4.78, 5) is 18.4. The molecule has 0 spiro atoms. The Kier molecular flexibility index (Phi) is 13.1. The van der Waals surface area contributed by atoms with Gasteiger partial charge in [-0.05, 0) is 49.6 Å². The highest BCUT2D eigenvalue weighted by Gasteiger charge is 2.11. The van der Waals surface area contributed by atoms with Gasteiger partial charge >= 0.3 is 0 Å². The van der Waals surface area contributed by atoms with Gasteiger partial charge in [0, 0.05) is 32.7 Å². The first-order chi connectivity index (χ1) is 14.9. The van der Waals surface area contributed by atoms with Crippen LogP contribution in [0.4, 0.5) is 0 Å². The number of hydrogen-bond donors (Lipinski definition) is 2. The molecule has 1 atom stereocenters. The Morgan fingerprint density at radius 2 is 1.88 bits per heavy atom. The number of amides is 1. The number of benzene rings is 2. The van der Waals surface area contributed by atoms with Gasteiger partial charge < -0.3 is 20.3 Å². The van der Waals surface area contributed by atoms with Crippen LogP contribution in [0.1, 0.15) is 36.2 Å². The van der Waals surface area contributed by atoms with Crippen molar-refractivity contribution in [3.05, 3.63) is 64.7 Å². The number of ether oxygens (including phenoxy) is 1. The average molecular weight is 573 g/mol. The fraction of sp³-hybridized carbons (Fsp3) is 0.417. The summed E-state index contributed by atoms with van der Waals surface area (Å²) in [7, 11) is 3.52. The highest BCUT2D eigenvalue weighted by atomic mass is 127. The number of nitrogens with one attached hydrogen (secondary N) is 2. The van der Waals surface area contributed by atoms with Crippen molar-refractivity contribution >= 4 is 47.4 Å². The first-order valence-corrected chi connectivity index (χ1v) is 11.1. The fourth-order valence-corrected chi connectivity index (χ4v) is 3.13. The molecule has 1 unspecified atom stereocenters. The second-order valence-corrected chi connectivity index (χ2v) is 7.78. The number of nitrogens with zero attached hydrogens (tertiary/aromatic N) is 2. The van der Waals surface area contributed by atoms with Crippen molar-refractivity contribution in [3.63, 3.8) is 0 Å². The average Bonchev–Trinajstić information content (AvgIpc) is 2.77. The summed E-state index contributed by atoms with van der Waals surface area (Å²) in [6.45, 7) is 6.09. The zero-order valence-electron chi connectivity index (χ0n) is 19.2. The van der Waals surface area contributed by atoms with E-state index in [1.807, 2.05) is 55.5 Å². The van der Waals surface area contributed by atoms with E-state index in [-0.39, 0.29) is 36.0 Å². The molecule has 2 aromatic rings. The van der Waals surface area contributed by atoms with Crippen LogP contribution >= 0.6 is 35.6 Å². The van der Waals surface area contributed by atoms with Crippen LogP contribution in [0.15, 0.2) is 53.5 Å². The number of hydrogen-bond acceptors (Lipinski definition) is 3. The predicted molar refractivity (Wildman–Crippen MR) is 144 cm³/mol. The third kappa shape index (κ3) is 9.24. The molecule has 0 saturated carbocycles. The van der Waals surface area contributed by atoms with E-state index in [1.165, 1.54) is 0 Å². The number of rotatable bonds is 10. The molecule has 0 radical (unpaired) electrons. The number of halogens is 2. The van der Waals surface area contributed by atoms with E-state index in [0.717, 1.165) is 30.9 Å². The third-order valence-corrected chi connectivity index (χ3v) is 4.98. The molecule has 176 valence electrons. The highest BCUT2D eigenvalue weighted by Crippen LogP contribution is 2.24. The van der Waals surface area contributed by atoms with Crippen LogP contribution in [0.3, 0.4) is 0 Å². The van der Waals surface area contributed by atoms with Crippen molar-refractivity contribution in [1.29, 1.82) is 0 Å². The Morgan fingerprint density at radius 3 is 2.53 bits per heavy atom. The van der Waals surface area contributed by atoms with Gasteiger partial charge in [0.25, 0.3) is 5.91 Å². The maximum atomic E-state index is 12.2. The minimum absolute atomic E-state index is 0. The number of carbonyl (C=O) groups excluding carboxylic acids is 1. The number of carbonyl (C=O) groups is 1. The van der Waals surface area contributed by atoms with Crippen molar-refractivity contribution in [2.24, 2.45) is 4.99 Å². The molecule has 32 heavy (non-hydrogen) atoms. The molecule has 1 amide bonds. The molecular formula is C24H34ClIN4O2. The second kappa shape index (κ2) is 14.9. The largest absolute Gasteiger partial charge is 0.487 e. The van der Waals surface area contributed by atoms with Gasteiger partial charge in [-0.15, -0.1) is 24.0 Å². The van der Waals surface area contributed by atoms with Crippen molar-refractivity contribution in [2.75, 3.05) is 33.7 Å². The van der Waals surface area contributed by atoms with Crippen LogP contribution in [-0.2, 0) is 6.42 Å². The number of aliphatic imine (C=N–C) groups is 1. The summed E-state index contributed by atoms with van der Waals surface area (Å²) in [6, 6.07) is 15.2. The molecule has 2 N–H and O–H groups in total. The summed E-state index contributed by atoms with van der Waals surface area (Å²) in [5, 5.41) is 7.22.